The van der Waals surface area contributed by atoms with E-state index in [2.05, 4.69) is 25.3 Å². The van der Waals surface area contributed by atoms with Gasteiger partial charge in [0, 0.05) is 49.5 Å². The highest BCUT2D eigenvalue weighted by Crippen LogP contribution is 2.33. The van der Waals surface area contributed by atoms with Crippen LogP contribution in [0.15, 0.2) is 36.8 Å². The number of hydrogen-bond donors (Lipinski definition) is 1. The summed E-state index contributed by atoms with van der Waals surface area (Å²) in [6, 6.07) is 5.29. The van der Waals surface area contributed by atoms with E-state index in [0.29, 0.717) is 23.6 Å². The second kappa shape index (κ2) is 9.88. The molecule has 34 heavy (non-hydrogen) atoms. The van der Waals surface area contributed by atoms with Crippen LogP contribution < -0.4 is 15.0 Å². The quantitative estimate of drug-likeness (QED) is 0.589. The van der Waals surface area contributed by atoms with Crippen LogP contribution >= 0.6 is 0 Å². The minimum absolute atomic E-state index is 0.0105. The standard InChI is InChI=1S/C23H26F2N6O3/c24-23(25)31-8-5-18(29-31)22(32)28-15-1-3-17(4-2-15)34-20-14-16(30-9-11-33-12-10-30)13-19-21(20)27-7-6-26-19/h5-8,13-15,17,23H,1-4,9-12H2,(H,28,32)/t15-,17+. The zero-order valence-corrected chi connectivity index (χ0v) is 18.6. The zero-order chi connectivity index (χ0) is 23.5. The Kier molecular flexibility index (Phi) is 6.52. The SMILES string of the molecule is O=C(N[C@H]1CC[C@@H](Oc2cc(N3CCOCC3)cc3nccnc23)CC1)c1ccn(C(F)F)n1. The number of benzene rings is 1. The lowest BCUT2D eigenvalue weighted by Crippen LogP contribution is -2.40. The fraction of sp³-hybridized carbons (Fsp3) is 0.478. The van der Waals surface area contributed by atoms with Gasteiger partial charge < -0.3 is 19.7 Å². The van der Waals surface area contributed by atoms with Crippen LogP contribution in [0.3, 0.4) is 0 Å². The monoisotopic (exact) mass is 472 g/mol. The van der Waals surface area contributed by atoms with E-state index in [0.717, 1.165) is 61.7 Å². The Morgan fingerprint density at radius 3 is 2.62 bits per heavy atom. The first-order valence-corrected chi connectivity index (χ1v) is 11.4. The maximum absolute atomic E-state index is 12.7. The summed E-state index contributed by atoms with van der Waals surface area (Å²) >= 11 is 0. The molecule has 0 unspecified atom stereocenters. The van der Waals surface area contributed by atoms with Gasteiger partial charge in [0.1, 0.15) is 17.0 Å². The highest BCUT2D eigenvalue weighted by atomic mass is 19.3. The van der Waals surface area contributed by atoms with Crippen molar-refractivity contribution in [2.45, 2.75) is 44.4 Å². The van der Waals surface area contributed by atoms with E-state index < -0.39 is 12.5 Å². The molecule has 1 amide bonds. The molecule has 3 heterocycles. The number of alkyl halides is 2. The van der Waals surface area contributed by atoms with E-state index in [1.165, 1.54) is 6.07 Å². The Morgan fingerprint density at radius 1 is 1.12 bits per heavy atom. The maximum atomic E-state index is 12.7. The molecule has 0 radical (unpaired) electrons. The van der Waals surface area contributed by atoms with Gasteiger partial charge in [-0.1, -0.05) is 0 Å². The molecular formula is C23H26F2N6O3. The van der Waals surface area contributed by atoms with Crippen LogP contribution in [-0.4, -0.2) is 64.1 Å². The van der Waals surface area contributed by atoms with Crippen molar-refractivity contribution in [3.05, 3.63) is 42.5 Å². The van der Waals surface area contributed by atoms with E-state index in [9.17, 15) is 13.6 Å². The first kappa shape index (κ1) is 22.5. The largest absolute Gasteiger partial charge is 0.488 e. The Bertz CT molecular complexity index is 1140. The minimum atomic E-state index is -2.77. The van der Waals surface area contributed by atoms with Crippen LogP contribution in [0.5, 0.6) is 5.75 Å². The Balaban J connectivity index is 1.22. The molecule has 2 fully saturated rings. The van der Waals surface area contributed by atoms with Crippen LogP contribution in [-0.2, 0) is 4.74 Å². The molecule has 1 saturated carbocycles. The van der Waals surface area contributed by atoms with Crippen molar-refractivity contribution >= 4 is 22.6 Å². The number of amides is 1. The Morgan fingerprint density at radius 2 is 1.88 bits per heavy atom. The number of fused-ring (bicyclic) bond motifs is 1. The number of nitrogens with zero attached hydrogens (tertiary/aromatic N) is 5. The molecule has 5 rings (SSSR count). The summed E-state index contributed by atoms with van der Waals surface area (Å²) < 4.78 is 37.7. The average Bonchev–Trinajstić information content (AvgIpc) is 3.37. The molecule has 1 aromatic carbocycles. The van der Waals surface area contributed by atoms with Gasteiger partial charge in [-0.05, 0) is 37.8 Å². The smallest absolute Gasteiger partial charge is 0.333 e. The molecule has 3 aromatic rings. The van der Waals surface area contributed by atoms with Crippen LogP contribution in [0.1, 0.15) is 42.7 Å². The fourth-order valence-electron chi connectivity index (χ4n) is 4.45. The van der Waals surface area contributed by atoms with E-state index in [-0.39, 0.29) is 17.8 Å². The van der Waals surface area contributed by atoms with Crippen molar-refractivity contribution in [3.8, 4) is 5.75 Å². The molecule has 2 aliphatic rings. The average molecular weight is 472 g/mol. The zero-order valence-electron chi connectivity index (χ0n) is 18.6. The molecule has 1 saturated heterocycles. The number of nitrogens with one attached hydrogen (secondary N) is 1. The van der Waals surface area contributed by atoms with Gasteiger partial charge in [-0.2, -0.15) is 13.9 Å². The molecular weight excluding hydrogens is 446 g/mol. The predicted molar refractivity (Wildman–Crippen MR) is 120 cm³/mol. The third kappa shape index (κ3) is 4.93. The van der Waals surface area contributed by atoms with E-state index in [1.54, 1.807) is 12.4 Å². The predicted octanol–water partition coefficient (Wildman–Crippen LogP) is 3.18. The topological polar surface area (TPSA) is 94.4 Å². The summed E-state index contributed by atoms with van der Waals surface area (Å²) in [5.74, 6) is 0.264. The second-order valence-corrected chi connectivity index (χ2v) is 8.49. The van der Waals surface area contributed by atoms with Gasteiger partial charge in [-0.15, -0.1) is 0 Å². The van der Waals surface area contributed by atoms with Crippen LogP contribution in [0.25, 0.3) is 11.0 Å². The number of aromatic nitrogens is 4. The molecule has 0 bridgehead atoms. The highest BCUT2D eigenvalue weighted by molar-refractivity contribution is 5.92. The van der Waals surface area contributed by atoms with E-state index >= 15 is 0 Å². The number of morpholine rings is 1. The Hall–Kier alpha value is -3.34. The van der Waals surface area contributed by atoms with Crippen molar-refractivity contribution in [1.82, 2.24) is 25.1 Å². The van der Waals surface area contributed by atoms with E-state index in [1.807, 2.05) is 12.1 Å². The molecule has 1 aliphatic heterocycles. The fourth-order valence-corrected chi connectivity index (χ4v) is 4.45. The number of carbonyl (C=O) groups excluding carboxylic acids is 1. The lowest BCUT2D eigenvalue weighted by atomic mass is 9.92. The maximum Gasteiger partial charge on any atom is 0.333 e. The first-order valence-electron chi connectivity index (χ1n) is 11.4. The van der Waals surface area contributed by atoms with Gasteiger partial charge in [0.15, 0.2) is 0 Å². The van der Waals surface area contributed by atoms with Crippen molar-refractivity contribution in [2.75, 3.05) is 31.2 Å². The summed E-state index contributed by atoms with van der Waals surface area (Å²) in [5, 5.41) is 6.52. The van der Waals surface area contributed by atoms with Gasteiger partial charge >= 0.3 is 6.55 Å². The molecule has 1 N–H and O–H groups in total. The molecule has 0 atom stereocenters. The highest BCUT2D eigenvalue weighted by Gasteiger charge is 2.26. The molecule has 11 heteroatoms. The first-order chi connectivity index (χ1) is 16.6. The van der Waals surface area contributed by atoms with Crippen molar-refractivity contribution < 1.29 is 23.0 Å². The third-order valence-corrected chi connectivity index (χ3v) is 6.24. The second-order valence-electron chi connectivity index (χ2n) is 8.49. The number of rotatable bonds is 6. The van der Waals surface area contributed by atoms with Crippen molar-refractivity contribution in [1.29, 1.82) is 0 Å². The number of anilines is 1. The molecule has 180 valence electrons. The van der Waals surface area contributed by atoms with Gasteiger partial charge in [0.2, 0.25) is 0 Å². The van der Waals surface area contributed by atoms with Gasteiger partial charge in [0.25, 0.3) is 5.91 Å². The Labute approximate surface area is 195 Å². The van der Waals surface area contributed by atoms with Crippen LogP contribution in [0.2, 0.25) is 0 Å². The van der Waals surface area contributed by atoms with Gasteiger partial charge in [-0.3, -0.25) is 9.78 Å². The number of hydrogen-bond acceptors (Lipinski definition) is 7. The molecule has 9 nitrogen and oxygen atoms in total. The number of ether oxygens (including phenoxy) is 2. The summed E-state index contributed by atoms with van der Waals surface area (Å²) in [6.07, 6.45) is 7.36. The summed E-state index contributed by atoms with van der Waals surface area (Å²) in [6.45, 7) is 0.230. The number of carbonyl (C=O) groups is 1. The number of halogens is 2. The molecule has 0 spiro atoms. The van der Waals surface area contributed by atoms with Gasteiger partial charge in [0.05, 0.1) is 24.8 Å². The van der Waals surface area contributed by atoms with Crippen LogP contribution in [0.4, 0.5) is 14.5 Å². The van der Waals surface area contributed by atoms with Crippen molar-refractivity contribution in [2.24, 2.45) is 0 Å². The van der Waals surface area contributed by atoms with Gasteiger partial charge in [-0.25, -0.2) is 9.67 Å². The third-order valence-electron chi connectivity index (χ3n) is 6.24. The van der Waals surface area contributed by atoms with E-state index in [4.69, 9.17) is 9.47 Å². The van der Waals surface area contributed by atoms with Crippen LogP contribution in [0, 0.1) is 0 Å². The minimum Gasteiger partial charge on any atom is -0.488 e. The van der Waals surface area contributed by atoms with Crippen molar-refractivity contribution in [3.63, 3.8) is 0 Å². The molecule has 1 aliphatic carbocycles. The lowest BCUT2D eigenvalue weighted by Gasteiger charge is -2.31. The summed E-state index contributed by atoms with van der Waals surface area (Å²) in [5.41, 5.74) is 2.54. The summed E-state index contributed by atoms with van der Waals surface area (Å²) in [4.78, 5) is 23.6. The summed E-state index contributed by atoms with van der Waals surface area (Å²) in [7, 11) is 0. The normalized spacial score (nSPS) is 21.1. The lowest BCUT2D eigenvalue weighted by molar-refractivity contribution is 0.0559. The molecule has 2 aromatic heterocycles.